The van der Waals surface area contributed by atoms with Crippen LogP contribution < -0.4 is 5.19 Å². The Balaban J connectivity index is 2.42. The van der Waals surface area contributed by atoms with Crippen molar-refractivity contribution in [1.82, 2.24) is 0 Å². The summed E-state index contributed by atoms with van der Waals surface area (Å²) in [6, 6.07) is 8.99. The third-order valence-electron chi connectivity index (χ3n) is 3.47. The first-order valence-corrected chi connectivity index (χ1v) is 10.8. The van der Waals surface area contributed by atoms with Crippen molar-refractivity contribution in [1.29, 1.82) is 0 Å². The molecule has 1 aromatic rings. The zero-order valence-corrected chi connectivity index (χ0v) is 14.5. The van der Waals surface area contributed by atoms with Crippen molar-refractivity contribution < 1.29 is 0 Å². The van der Waals surface area contributed by atoms with Crippen LogP contribution >= 0.6 is 11.8 Å². The van der Waals surface area contributed by atoms with E-state index in [2.05, 4.69) is 76.4 Å². The van der Waals surface area contributed by atoms with Crippen LogP contribution in [0.4, 0.5) is 0 Å². The van der Waals surface area contributed by atoms with Crippen LogP contribution in [0.5, 0.6) is 0 Å². The second kappa shape index (κ2) is 5.33. The molecule has 0 nitrogen and oxygen atoms in total. The van der Waals surface area contributed by atoms with Gasteiger partial charge in [-0.3, -0.25) is 0 Å². The molecule has 0 saturated heterocycles. The predicted octanol–water partition coefficient (Wildman–Crippen LogP) is 4.92. The molecular formula is C17H24SSi. The fourth-order valence-corrected chi connectivity index (χ4v) is 7.07. The van der Waals surface area contributed by atoms with Gasteiger partial charge < -0.3 is 0 Å². The van der Waals surface area contributed by atoms with Gasteiger partial charge in [0.1, 0.15) is 8.07 Å². The molecule has 1 aliphatic carbocycles. The highest BCUT2D eigenvalue weighted by Gasteiger charge is 2.31. The van der Waals surface area contributed by atoms with Crippen LogP contribution in [0.25, 0.3) is 0 Å². The van der Waals surface area contributed by atoms with Crippen molar-refractivity contribution in [2.24, 2.45) is 0 Å². The van der Waals surface area contributed by atoms with Gasteiger partial charge >= 0.3 is 0 Å². The van der Waals surface area contributed by atoms with Gasteiger partial charge in [0, 0.05) is 9.64 Å². The lowest BCUT2D eigenvalue weighted by atomic mass is 10.3. The van der Waals surface area contributed by atoms with Gasteiger partial charge in [-0.05, 0) is 17.7 Å². The third-order valence-corrected chi connectivity index (χ3v) is 8.44. The third kappa shape index (κ3) is 3.43. The Morgan fingerprint density at radius 2 is 1.79 bits per heavy atom. The van der Waals surface area contributed by atoms with Crippen molar-refractivity contribution >= 4 is 25.0 Å². The second-order valence-corrected chi connectivity index (χ2v) is 12.9. The number of allylic oxidation sites excluding steroid dienone is 4. The summed E-state index contributed by atoms with van der Waals surface area (Å²) in [5.74, 6) is 0. The van der Waals surface area contributed by atoms with Crippen molar-refractivity contribution in [2.45, 2.75) is 49.9 Å². The zero-order chi connectivity index (χ0) is 14.1. The lowest BCUT2D eigenvalue weighted by Gasteiger charge is -2.28. The molecular weight excluding hydrogens is 264 g/mol. The molecule has 19 heavy (non-hydrogen) atoms. The van der Waals surface area contributed by atoms with Crippen molar-refractivity contribution in [3.8, 4) is 0 Å². The molecule has 0 heterocycles. The predicted molar refractivity (Wildman–Crippen MR) is 91.0 cm³/mol. The number of thioether (sulfide) groups is 1. The first-order valence-electron chi connectivity index (χ1n) is 6.96. The van der Waals surface area contributed by atoms with E-state index in [1.165, 1.54) is 4.90 Å². The Kier molecular flexibility index (Phi) is 4.12. The SMILES string of the molecule is CC(C)(C)Sc1ccccc1[Si](C)(C)C1=CCC=C1. The molecule has 0 fully saturated rings. The highest BCUT2D eigenvalue weighted by atomic mass is 32.2. The van der Waals surface area contributed by atoms with Gasteiger partial charge in [-0.2, -0.15) is 0 Å². The van der Waals surface area contributed by atoms with Gasteiger partial charge in [0.25, 0.3) is 0 Å². The molecule has 0 spiro atoms. The molecule has 0 radical (unpaired) electrons. The lowest BCUT2D eigenvalue weighted by molar-refractivity contribution is 0.803. The van der Waals surface area contributed by atoms with E-state index in [-0.39, 0.29) is 4.75 Å². The summed E-state index contributed by atoms with van der Waals surface area (Å²) >= 11 is 2.00. The summed E-state index contributed by atoms with van der Waals surface area (Å²) in [5, 5.41) is 3.15. The number of benzene rings is 1. The van der Waals surface area contributed by atoms with E-state index in [1.807, 2.05) is 11.8 Å². The molecule has 102 valence electrons. The van der Waals surface area contributed by atoms with Crippen LogP contribution in [0, 0.1) is 0 Å². The van der Waals surface area contributed by atoms with E-state index in [1.54, 1.807) is 10.4 Å². The molecule has 0 unspecified atom stereocenters. The molecule has 0 bridgehead atoms. The Hall–Kier alpha value is -0.733. The van der Waals surface area contributed by atoms with Crippen LogP contribution in [0.1, 0.15) is 27.2 Å². The Morgan fingerprint density at radius 1 is 1.11 bits per heavy atom. The smallest absolute Gasteiger partial charge is 0.113 e. The van der Waals surface area contributed by atoms with E-state index in [9.17, 15) is 0 Å². The van der Waals surface area contributed by atoms with Crippen LogP contribution in [-0.4, -0.2) is 12.8 Å². The zero-order valence-electron chi connectivity index (χ0n) is 12.7. The number of hydrogen-bond donors (Lipinski definition) is 0. The normalized spacial score (nSPS) is 15.7. The quantitative estimate of drug-likeness (QED) is 0.562. The average Bonchev–Trinajstić information content (AvgIpc) is 2.81. The van der Waals surface area contributed by atoms with E-state index in [4.69, 9.17) is 0 Å². The van der Waals surface area contributed by atoms with Gasteiger partial charge in [0.15, 0.2) is 0 Å². The summed E-state index contributed by atoms with van der Waals surface area (Å²) in [4.78, 5) is 1.47. The topological polar surface area (TPSA) is 0 Å². The summed E-state index contributed by atoms with van der Waals surface area (Å²) in [6.07, 6.45) is 8.14. The summed E-state index contributed by atoms with van der Waals surface area (Å²) in [7, 11) is -1.54. The maximum Gasteiger partial charge on any atom is 0.113 e. The van der Waals surface area contributed by atoms with Crippen molar-refractivity contribution in [2.75, 3.05) is 0 Å². The van der Waals surface area contributed by atoms with E-state index >= 15 is 0 Å². The standard InChI is InChI=1S/C17H24SSi/c1-17(2,3)18-15-12-8-9-13-16(15)19(4,5)14-10-6-7-11-14/h6,8-13H,7H2,1-5H3. The maximum absolute atomic E-state index is 2.47. The van der Waals surface area contributed by atoms with Gasteiger partial charge in [-0.15, -0.1) is 11.8 Å². The average molecular weight is 289 g/mol. The minimum absolute atomic E-state index is 0.264. The molecule has 1 aliphatic rings. The molecule has 0 N–H and O–H groups in total. The minimum Gasteiger partial charge on any atom is -0.120 e. The summed E-state index contributed by atoms with van der Waals surface area (Å²) < 4.78 is 0.264. The van der Waals surface area contributed by atoms with Gasteiger partial charge in [-0.1, -0.05) is 75.5 Å². The molecule has 1 aromatic carbocycles. The Morgan fingerprint density at radius 3 is 2.37 bits per heavy atom. The van der Waals surface area contributed by atoms with Crippen LogP contribution in [0.2, 0.25) is 13.1 Å². The largest absolute Gasteiger partial charge is 0.120 e. The fourth-order valence-electron chi connectivity index (χ4n) is 2.48. The Labute approximate surface area is 123 Å². The van der Waals surface area contributed by atoms with Crippen LogP contribution in [0.15, 0.2) is 52.6 Å². The minimum atomic E-state index is -1.54. The fraction of sp³-hybridized carbons (Fsp3) is 0.412. The molecule has 0 atom stereocenters. The second-order valence-electron chi connectivity index (χ2n) is 6.63. The van der Waals surface area contributed by atoms with Crippen LogP contribution in [-0.2, 0) is 0 Å². The molecule has 2 rings (SSSR count). The monoisotopic (exact) mass is 288 g/mol. The van der Waals surface area contributed by atoms with E-state index < -0.39 is 8.07 Å². The summed E-state index contributed by atoms with van der Waals surface area (Å²) in [6.45, 7) is 11.8. The maximum atomic E-state index is 2.47. The number of hydrogen-bond acceptors (Lipinski definition) is 1. The highest BCUT2D eigenvalue weighted by Crippen LogP contribution is 2.33. The first kappa shape index (κ1) is 14.7. The lowest BCUT2D eigenvalue weighted by Crippen LogP contribution is -2.44. The summed E-state index contributed by atoms with van der Waals surface area (Å²) in [5.41, 5.74) is 0. The highest BCUT2D eigenvalue weighted by molar-refractivity contribution is 8.00. The van der Waals surface area contributed by atoms with Gasteiger partial charge in [-0.25, -0.2) is 0 Å². The molecule has 0 saturated carbocycles. The molecule has 2 heteroatoms. The van der Waals surface area contributed by atoms with Crippen molar-refractivity contribution in [3.05, 3.63) is 47.7 Å². The number of rotatable bonds is 3. The van der Waals surface area contributed by atoms with E-state index in [0.29, 0.717) is 0 Å². The molecule has 0 aromatic heterocycles. The Bertz CT molecular complexity index is 518. The van der Waals surface area contributed by atoms with Crippen molar-refractivity contribution in [3.63, 3.8) is 0 Å². The molecule has 0 amide bonds. The van der Waals surface area contributed by atoms with Gasteiger partial charge in [0.2, 0.25) is 0 Å². The first-order chi connectivity index (χ1) is 8.81. The van der Waals surface area contributed by atoms with Gasteiger partial charge in [0.05, 0.1) is 0 Å². The molecule has 0 aliphatic heterocycles. The van der Waals surface area contributed by atoms with E-state index in [0.717, 1.165) is 6.42 Å². The van der Waals surface area contributed by atoms with Crippen LogP contribution in [0.3, 0.4) is 0 Å².